The Labute approximate surface area is 166 Å². The van der Waals surface area contributed by atoms with E-state index in [0.29, 0.717) is 23.1 Å². The summed E-state index contributed by atoms with van der Waals surface area (Å²) < 4.78 is 24.7. The number of halogens is 2. The van der Waals surface area contributed by atoms with Crippen LogP contribution in [0.15, 0.2) is 36.4 Å². The van der Waals surface area contributed by atoms with Crippen LogP contribution >= 0.6 is 11.6 Å². The molecule has 0 bridgehead atoms. The standard InChI is InChI=1S/C21H28ClFN2O2/c1-4-25(5-2)12-11-24-14-16-7-6-8-20(26-3)21(16)27-15-17-9-10-18(23)13-19(17)22/h6-10,13,24H,4-5,11-12,14-15H2,1-3H3. The molecule has 0 heterocycles. The Morgan fingerprint density at radius 3 is 2.56 bits per heavy atom. The Morgan fingerprint density at radius 2 is 1.89 bits per heavy atom. The second-order valence-corrected chi connectivity index (χ2v) is 6.58. The minimum Gasteiger partial charge on any atom is -0.493 e. The van der Waals surface area contributed by atoms with E-state index in [9.17, 15) is 4.39 Å². The zero-order valence-corrected chi connectivity index (χ0v) is 17.0. The molecule has 2 rings (SSSR count). The van der Waals surface area contributed by atoms with E-state index in [-0.39, 0.29) is 12.4 Å². The number of nitrogens with one attached hydrogen (secondary N) is 1. The first kappa shape index (κ1) is 21.5. The van der Waals surface area contributed by atoms with E-state index in [4.69, 9.17) is 21.1 Å². The van der Waals surface area contributed by atoms with E-state index < -0.39 is 0 Å². The van der Waals surface area contributed by atoms with Gasteiger partial charge in [0.15, 0.2) is 11.5 Å². The highest BCUT2D eigenvalue weighted by Crippen LogP contribution is 2.32. The van der Waals surface area contributed by atoms with E-state index in [1.54, 1.807) is 13.2 Å². The smallest absolute Gasteiger partial charge is 0.166 e. The Balaban J connectivity index is 2.03. The van der Waals surface area contributed by atoms with Crippen molar-refractivity contribution in [3.05, 3.63) is 58.4 Å². The van der Waals surface area contributed by atoms with Crippen LogP contribution in [0.1, 0.15) is 25.0 Å². The first-order valence-electron chi connectivity index (χ1n) is 9.24. The molecule has 0 atom stereocenters. The van der Waals surface area contributed by atoms with Crippen molar-refractivity contribution in [1.82, 2.24) is 10.2 Å². The number of hydrogen-bond acceptors (Lipinski definition) is 4. The molecule has 0 aliphatic rings. The third-order valence-corrected chi connectivity index (χ3v) is 4.83. The Bertz CT molecular complexity index is 723. The van der Waals surface area contributed by atoms with Crippen molar-refractivity contribution in [2.75, 3.05) is 33.3 Å². The Kier molecular flexibility index (Phi) is 8.85. The van der Waals surface area contributed by atoms with Gasteiger partial charge >= 0.3 is 0 Å². The molecule has 2 aromatic carbocycles. The van der Waals surface area contributed by atoms with Crippen LogP contribution < -0.4 is 14.8 Å². The van der Waals surface area contributed by atoms with Crippen LogP contribution in [0.25, 0.3) is 0 Å². The van der Waals surface area contributed by atoms with Crippen LogP contribution in [-0.4, -0.2) is 38.2 Å². The van der Waals surface area contributed by atoms with E-state index >= 15 is 0 Å². The molecule has 0 radical (unpaired) electrons. The van der Waals surface area contributed by atoms with Gasteiger partial charge in [0.2, 0.25) is 0 Å². The lowest BCUT2D eigenvalue weighted by Crippen LogP contribution is -2.31. The van der Waals surface area contributed by atoms with E-state index in [1.807, 2.05) is 18.2 Å². The number of nitrogens with zero attached hydrogens (tertiary/aromatic N) is 1. The molecule has 1 N–H and O–H groups in total. The molecular weight excluding hydrogens is 367 g/mol. The molecule has 0 unspecified atom stereocenters. The first-order chi connectivity index (χ1) is 13.1. The van der Waals surface area contributed by atoms with E-state index in [1.165, 1.54) is 12.1 Å². The minimum atomic E-state index is -0.362. The van der Waals surface area contributed by atoms with Crippen molar-refractivity contribution in [1.29, 1.82) is 0 Å². The fraction of sp³-hybridized carbons (Fsp3) is 0.429. The largest absolute Gasteiger partial charge is 0.493 e. The quantitative estimate of drug-likeness (QED) is 0.569. The van der Waals surface area contributed by atoms with Crippen LogP contribution in [0.3, 0.4) is 0 Å². The third-order valence-electron chi connectivity index (χ3n) is 4.48. The molecule has 0 spiro atoms. The van der Waals surface area contributed by atoms with Gasteiger partial charge in [-0.15, -0.1) is 0 Å². The maximum atomic E-state index is 13.2. The van der Waals surface area contributed by atoms with Gasteiger partial charge in [-0.05, 0) is 31.3 Å². The Morgan fingerprint density at radius 1 is 1.11 bits per heavy atom. The summed E-state index contributed by atoms with van der Waals surface area (Å²) in [5.74, 6) is 0.978. The molecule has 0 fully saturated rings. The molecule has 0 aliphatic heterocycles. The number of rotatable bonds is 11. The van der Waals surface area contributed by atoms with E-state index in [2.05, 4.69) is 24.1 Å². The van der Waals surface area contributed by atoms with Gasteiger partial charge in [0.05, 0.1) is 12.1 Å². The summed E-state index contributed by atoms with van der Waals surface area (Å²) >= 11 is 6.10. The summed E-state index contributed by atoms with van der Waals surface area (Å²) in [6.45, 7) is 9.22. The van der Waals surface area contributed by atoms with Crippen LogP contribution in [0.2, 0.25) is 5.02 Å². The number of methoxy groups -OCH3 is 1. The van der Waals surface area contributed by atoms with Gasteiger partial charge in [0.1, 0.15) is 12.4 Å². The zero-order valence-electron chi connectivity index (χ0n) is 16.2. The number of benzene rings is 2. The van der Waals surface area contributed by atoms with Gasteiger partial charge in [-0.2, -0.15) is 0 Å². The predicted octanol–water partition coefficient (Wildman–Crippen LogP) is 4.50. The molecule has 0 amide bonds. The molecule has 0 saturated carbocycles. The molecule has 0 aliphatic carbocycles. The normalized spacial score (nSPS) is 11.0. The van der Waals surface area contributed by atoms with Crippen LogP contribution in [-0.2, 0) is 13.2 Å². The number of likely N-dealkylation sites (N-methyl/N-ethyl adjacent to an activating group) is 1. The molecule has 4 nitrogen and oxygen atoms in total. The molecular formula is C21H28ClFN2O2. The average molecular weight is 395 g/mol. The van der Waals surface area contributed by atoms with Crippen molar-refractivity contribution in [3.63, 3.8) is 0 Å². The van der Waals surface area contributed by atoms with Crippen LogP contribution in [0.5, 0.6) is 11.5 Å². The van der Waals surface area contributed by atoms with Gasteiger partial charge in [-0.25, -0.2) is 4.39 Å². The number of ether oxygens (including phenoxy) is 2. The lowest BCUT2D eigenvalue weighted by Gasteiger charge is -2.19. The monoisotopic (exact) mass is 394 g/mol. The van der Waals surface area contributed by atoms with Gasteiger partial charge in [0.25, 0.3) is 0 Å². The zero-order chi connectivity index (χ0) is 19.6. The van der Waals surface area contributed by atoms with Crippen molar-refractivity contribution in [3.8, 4) is 11.5 Å². The van der Waals surface area contributed by atoms with Crippen molar-refractivity contribution >= 4 is 11.6 Å². The fourth-order valence-corrected chi connectivity index (χ4v) is 3.04. The SMILES string of the molecule is CCN(CC)CCNCc1cccc(OC)c1OCc1ccc(F)cc1Cl. The van der Waals surface area contributed by atoms with Crippen molar-refractivity contribution in [2.45, 2.75) is 27.0 Å². The molecule has 0 aromatic heterocycles. The Hall–Kier alpha value is -1.82. The topological polar surface area (TPSA) is 33.7 Å². The van der Waals surface area contributed by atoms with Crippen molar-refractivity contribution < 1.29 is 13.9 Å². The molecule has 2 aromatic rings. The molecule has 0 saturated heterocycles. The maximum absolute atomic E-state index is 13.2. The third kappa shape index (κ3) is 6.38. The summed E-state index contributed by atoms with van der Waals surface area (Å²) in [7, 11) is 1.62. The summed E-state index contributed by atoms with van der Waals surface area (Å²) in [4.78, 5) is 2.37. The van der Waals surface area contributed by atoms with Crippen molar-refractivity contribution in [2.24, 2.45) is 0 Å². The highest BCUT2D eigenvalue weighted by atomic mass is 35.5. The number of hydrogen-bond donors (Lipinski definition) is 1. The highest BCUT2D eigenvalue weighted by Gasteiger charge is 2.12. The lowest BCUT2D eigenvalue weighted by molar-refractivity contribution is 0.279. The van der Waals surface area contributed by atoms with Gasteiger partial charge in [0, 0.05) is 30.8 Å². The molecule has 148 valence electrons. The second-order valence-electron chi connectivity index (χ2n) is 6.18. The average Bonchev–Trinajstić information content (AvgIpc) is 2.67. The second kappa shape index (κ2) is 11.1. The van der Waals surface area contributed by atoms with Crippen LogP contribution in [0, 0.1) is 5.82 Å². The number of para-hydroxylation sites is 1. The van der Waals surface area contributed by atoms with E-state index in [0.717, 1.165) is 37.3 Å². The predicted molar refractivity (Wildman–Crippen MR) is 108 cm³/mol. The first-order valence-corrected chi connectivity index (χ1v) is 9.62. The minimum absolute atomic E-state index is 0.242. The lowest BCUT2D eigenvalue weighted by atomic mass is 10.1. The molecule has 27 heavy (non-hydrogen) atoms. The fourth-order valence-electron chi connectivity index (χ4n) is 2.81. The highest BCUT2D eigenvalue weighted by molar-refractivity contribution is 6.31. The summed E-state index contributed by atoms with van der Waals surface area (Å²) in [5, 5.41) is 3.81. The summed E-state index contributed by atoms with van der Waals surface area (Å²) in [5.41, 5.74) is 1.73. The molecule has 6 heteroatoms. The van der Waals surface area contributed by atoms with Crippen LogP contribution in [0.4, 0.5) is 4.39 Å². The summed E-state index contributed by atoms with van der Waals surface area (Å²) in [6, 6.07) is 10.1. The van der Waals surface area contributed by atoms with Gasteiger partial charge < -0.3 is 19.7 Å². The van der Waals surface area contributed by atoms with Gasteiger partial charge in [-0.1, -0.05) is 43.6 Å². The maximum Gasteiger partial charge on any atom is 0.166 e. The van der Waals surface area contributed by atoms with Gasteiger partial charge in [-0.3, -0.25) is 0 Å². The summed E-state index contributed by atoms with van der Waals surface area (Å²) in [6.07, 6.45) is 0.